The van der Waals surface area contributed by atoms with E-state index in [9.17, 15) is 4.79 Å². The van der Waals surface area contributed by atoms with Gasteiger partial charge in [0.2, 0.25) is 0 Å². The molecule has 0 aliphatic heterocycles. The summed E-state index contributed by atoms with van der Waals surface area (Å²) < 4.78 is 0.144. The molecule has 0 aliphatic carbocycles. The van der Waals surface area contributed by atoms with Gasteiger partial charge < -0.3 is 0 Å². The van der Waals surface area contributed by atoms with Crippen molar-refractivity contribution in [2.75, 3.05) is 0 Å². The van der Waals surface area contributed by atoms with Gasteiger partial charge in [-0.25, -0.2) is 0 Å². The molecule has 0 saturated carbocycles. The van der Waals surface area contributed by atoms with Crippen LogP contribution in [0.4, 0.5) is 0 Å². The van der Waals surface area contributed by atoms with Crippen molar-refractivity contribution in [3.05, 3.63) is 12.7 Å². The second kappa shape index (κ2) is 22.4. The van der Waals surface area contributed by atoms with Gasteiger partial charge in [-0.15, -0.1) is 0 Å². The Hall–Kier alpha value is 2.86. The molecule has 0 aromatic heterocycles. The molecule has 0 atom stereocenters. The molecule has 6 heteroatoms. The van der Waals surface area contributed by atoms with E-state index in [1.54, 1.807) is 0 Å². The van der Waals surface area contributed by atoms with Gasteiger partial charge in [-0.2, -0.15) is 0 Å². The van der Waals surface area contributed by atoms with Gasteiger partial charge in [-0.05, 0) is 0 Å². The van der Waals surface area contributed by atoms with E-state index in [0.29, 0.717) is 18.3 Å². The van der Waals surface area contributed by atoms with Gasteiger partial charge in [0.05, 0.1) is 0 Å². The number of carbonyl (C=O) groups is 1. The third-order valence-electron chi connectivity index (χ3n) is 0.228. The summed E-state index contributed by atoms with van der Waals surface area (Å²) >= 11 is 0.698. The van der Waals surface area contributed by atoms with Crippen molar-refractivity contribution in [1.82, 2.24) is 0 Å². The molecule has 0 fully saturated rings. The van der Waals surface area contributed by atoms with E-state index >= 15 is 0 Å². The maximum atomic E-state index is 9.75. The first-order valence-electron chi connectivity index (χ1n) is 1.25. The maximum Gasteiger partial charge on any atom is 0 e. The average molecular weight is 446 g/mol. The van der Waals surface area contributed by atoms with Gasteiger partial charge in [0.15, 0.2) is 0 Å². The number of carbonyl (C=O) groups excluding carboxylic acids is 1. The fourth-order valence-corrected chi connectivity index (χ4v) is 0. The molecule has 0 unspecified atom stereocenters. The molecule has 0 aliphatic rings. The minimum Gasteiger partial charge on any atom is 0 e. The molecule has 0 aromatic carbocycles. The van der Waals surface area contributed by atoms with E-state index in [4.69, 9.17) is 0 Å². The van der Waals surface area contributed by atoms with Crippen LogP contribution in [-0.4, -0.2) is 71.5 Å². The fourth-order valence-electron chi connectivity index (χ4n) is 0. The van der Waals surface area contributed by atoms with Crippen molar-refractivity contribution >= 4 is 71.5 Å². The molecule has 0 N–H and O–H groups in total. The predicted octanol–water partition coefficient (Wildman–Crippen LogP) is -0.899. The van der Waals surface area contributed by atoms with E-state index in [0.717, 1.165) is 0 Å². The fraction of sp³-hybridized carbons (Fsp3) is 0. The topological polar surface area (TPSA) is 17.1 Å². The molecule has 9 heavy (non-hydrogen) atoms. The van der Waals surface area contributed by atoms with Gasteiger partial charge in [0, 0.05) is 86.6 Å². The van der Waals surface area contributed by atoms with Crippen LogP contribution in [0, 0.1) is 0 Å². The molecule has 0 amide bonds. The number of rotatable bonds is 1. The zero-order valence-electron chi connectivity index (χ0n) is 5.26. The third kappa shape index (κ3) is 36.1. The Kier molecular flexibility index (Phi) is 74.1. The summed E-state index contributed by atoms with van der Waals surface area (Å²) in [5, 5.41) is 0. The normalized spacial score (nSPS) is 3.78. The van der Waals surface area contributed by atoms with Crippen molar-refractivity contribution in [2.45, 2.75) is 0 Å². The average Bonchev–Trinajstić information content (AvgIpc) is 1.38. The molecular weight excluding hydrogens is 443 g/mol. The van der Waals surface area contributed by atoms with Gasteiger partial charge in [0.25, 0.3) is 0 Å². The van der Waals surface area contributed by atoms with Crippen molar-refractivity contribution in [1.29, 1.82) is 0 Å². The van der Waals surface area contributed by atoms with Crippen LogP contribution in [0.2, 0.25) is 0 Å². The monoisotopic (exact) mass is 445 g/mol. The van der Waals surface area contributed by atoms with E-state index in [1.807, 2.05) is 0 Å². The van der Waals surface area contributed by atoms with Crippen LogP contribution in [-0.2, 0) is 42.6 Å². The zero-order chi connectivity index (χ0) is 4.28. The molecule has 0 rings (SSSR count). The number of allylic oxidation sites excluding steroid dienone is 1. The molecule has 0 aromatic rings. The maximum absolute atomic E-state index is 9.75. The standard InChI is InChI=1S/C3H3O.Al.In.Sn.2Zn/c1-2-3-4;;;;;/h2H,1H2;;;;;. The third-order valence-corrected chi connectivity index (χ3v) is 0.833. The second-order valence-electron chi connectivity index (χ2n) is 0.670. The molecule has 0 saturated heterocycles. The summed E-state index contributed by atoms with van der Waals surface area (Å²) in [4.78, 5) is 9.75. The second-order valence-corrected chi connectivity index (χ2v) is 2.13. The van der Waals surface area contributed by atoms with Gasteiger partial charge in [0.1, 0.15) is 0 Å². The summed E-state index contributed by atoms with van der Waals surface area (Å²) in [6.45, 7) is 3.24. The summed E-state index contributed by atoms with van der Waals surface area (Å²) in [5.41, 5.74) is 0. The van der Waals surface area contributed by atoms with Crippen molar-refractivity contribution in [3.8, 4) is 0 Å². The van der Waals surface area contributed by atoms with E-state index in [-0.39, 0.29) is 91.0 Å². The quantitative estimate of drug-likeness (QED) is 0.377. The Morgan fingerprint density at radius 3 is 1.67 bits per heavy atom. The Morgan fingerprint density at radius 1 is 1.56 bits per heavy atom. The molecule has 0 spiro atoms. The zero-order valence-corrected chi connectivity index (χ0v) is 18.5. The van der Waals surface area contributed by atoms with Gasteiger partial charge in [-0.3, -0.25) is 0 Å². The van der Waals surface area contributed by atoms with E-state index < -0.39 is 0 Å². The molecular formula is C3H3AlInOSnZn2. The summed E-state index contributed by atoms with van der Waals surface area (Å²) in [6.07, 6.45) is 1.33. The van der Waals surface area contributed by atoms with Crippen LogP contribution >= 0.6 is 0 Å². The number of hydrogen-bond acceptors (Lipinski definition) is 1. The van der Waals surface area contributed by atoms with Crippen LogP contribution in [0.1, 0.15) is 0 Å². The van der Waals surface area contributed by atoms with Crippen LogP contribution in [0.5, 0.6) is 0 Å². The Balaban J connectivity index is -0.0000000133. The molecule has 10 radical (unpaired) electrons. The van der Waals surface area contributed by atoms with Crippen molar-refractivity contribution in [3.63, 3.8) is 0 Å². The molecule has 0 heterocycles. The Bertz CT molecular complexity index is 72.8. The SMILES string of the molecule is C=C[C](=O)[Zn].[Al].[In].[Sn].[Zn]. The van der Waals surface area contributed by atoms with Crippen LogP contribution < -0.4 is 0 Å². The van der Waals surface area contributed by atoms with Gasteiger partial charge in [-0.1, -0.05) is 0 Å². The molecule has 35 valence electrons. The van der Waals surface area contributed by atoms with E-state index in [2.05, 4.69) is 6.58 Å². The smallest absolute Gasteiger partial charge is 0 e. The number of hydrogen-bond donors (Lipinski definition) is 0. The minimum absolute atomic E-state index is 0. The van der Waals surface area contributed by atoms with Crippen LogP contribution in [0.3, 0.4) is 0 Å². The van der Waals surface area contributed by atoms with Crippen LogP contribution in [0.15, 0.2) is 12.7 Å². The van der Waals surface area contributed by atoms with Crippen LogP contribution in [0.25, 0.3) is 0 Å². The summed E-state index contributed by atoms with van der Waals surface area (Å²) in [7, 11) is 0. The Morgan fingerprint density at radius 2 is 1.67 bits per heavy atom. The minimum atomic E-state index is 0. The Labute approximate surface area is 124 Å². The van der Waals surface area contributed by atoms with E-state index in [1.165, 1.54) is 6.08 Å². The summed E-state index contributed by atoms with van der Waals surface area (Å²) in [6, 6.07) is 0. The summed E-state index contributed by atoms with van der Waals surface area (Å²) in [5.74, 6) is 0. The van der Waals surface area contributed by atoms with Crippen molar-refractivity contribution < 1.29 is 42.6 Å². The van der Waals surface area contributed by atoms with Crippen molar-refractivity contribution in [2.24, 2.45) is 0 Å². The predicted molar refractivity (Wildman–Crippen MR) is 32.5 cm³/mol. The first-order valence-corrected chi connectivity index (χ1v) is 2.74. The molecule has 1 nitrogen and oxygen atoms in total. The van der Waals surface area contributed by atoms with Gasteiger partial charge >= 0.3 is 40.1 Å². The first-order chi connectivity index (χ1) is 2.27. The molecule has 0 bridgehead atoms. The first kappa shape index (κ1) is 29.7. The largest absolute Gasteiger partial charge is 0 e.